The van der Waals surface area contributed by atoms with Crippen molar-refractivity contribution >= 4 is 11.5 Å². The first-order chi connectivity index (χ1) is 7.16. The van der Waals surface area contributed by atoms with Crippen LogP contribution in [0.2, 0.25) is 0 Å². The quantitative estimate of drug-likeness (QED) is 0.424. The van der Waals surface area contributed by atoms with Gasteiger partial charge in [-0.25, -0.2) is 0 Å². The fourth-order valence-corrected chi connectivity index (χ4v) is 1.32. The van der Waals surface area contributed by atoms with E-state index in [1.807, 2.05) is 43.3 Å². The van der Waals surface area contributed by atoms with Crippen LogP contribution in [0, 0.1) is 0 Å². The Kier molecular flexibility index (Phi) is 3.86. The number of hydrogen-bond acceptors (Lipinski definition) is 2. The van der Waals surface area contributed by atoms with Crippen molar-refractivity contribution in [2.45, 2.75) is 0 Å². The summed E-state index contributed by atoms with van der Waals surface area (Å²) in [7, 11) is 3.84. The fraction of sp³-hybridized carbons (Fsp3) is 0.154. The van der Waals surface area contributed by atoms with E-state index in [0.717, 1.165) is 5.69 Å². The topological polar surface area (TPSA) is 20.3 Å². The minimum Gasteiger partial charge on any atom is -0.377 e. The molecule has 0 aliphatic carbocycles. The molecule has 0 unspecified atom stereocenters. The highest BCUT2D eigenvalue weighted by Gasteiger charge is 2.08. The Morgan fingerprint density at radius 1 is 1.33 bits per heavy atom. The lowest BCUT2D eigenvalue weighted by Crippen LogP contribution is -2.12. The molecule has 15 heavy (non-hydrogen) atoms. The van der Waals surface area contributed by atoms with Gasteiger partial charge >= 0.3 is 0 Å². The number of rotatable bonds is 4. The van der Waals surface area contributed by atoms with Gasteiger partial charge in [-0.05, 0) is 18.2 Å². The molecular weight excluding hydrogens is 186 g/mol. The lowest BCUT2D eigenvalue weighted by atomic mass is 10.1. The molecule has 1 aromatic rings. The van der Waals surface area contributed by atoms with Crippen molar-refractivity contribution in [3.05, 3.63) is 54.6 Å². The van der Waals surface area contributed by atoms with Gasteiger partial charge in [0.05, 0.1) is 0 Å². The first-order valence-corrected chi connectivity index (χ1v) is 4.76. The molecule has 0 aliphatic heterocycles. The number of nitrogens with zero attached hydrogens (tertiary/aromatic N) is 1. The summed E-state index contributed by atoms with van der Waals surface area (Å²) in [5.74, 6) is -0.000741. The van der Waals surface area contributed by atoms with E-state index >= 15 is 0 Å². The van der Waals surface area contributed by atoms with E-state index in [1.165, 1.54) is 6.08 Å². The van der Waals surface area contributed by atoms with E-state index in [4.69, 9.17) is 0 Å². The zero-order chi connectivity index (χ0) is 11.3. The van der Waals surface area contributed by atoms with Crippen molar-refractivity contribution < 1.29 is 4.79 Å². The number of allylic oxidation sites excluding steroid dienone is 3. The van der Waals surface area contributed by atoms with Gasteiger partial charge in [-0.1, -0.05) is 30.9 Å². The van der Waals surface area contributed by atoms with E-state index in [1.54, 1.807) is 12.2 Å². The van der Waals surface area contributed by atoms with Crippen LogP contribution in [0.15, 0.2) is 49.1 Å². The number of para-hydroxylation sites is 1. The highest BCUT2D eigenvalue weighted by molar-refractivity contribution is 6.08. The van der Waals surface area contributed by atoms with Crippen LogP contribution in [0.5, 0.6) is 0 Å². The summed E-state index contributed by atoms with van der Waals surface area (Å²) in [6, 6.07) is 7.53. The van der Waals surface area contributed by atoms with Crippen LogP contribution in [-0.2, 0) is 0 Å². The van der Waals surface area contributed by atoms with Gasteiger partial charge in [-0.15, -0.1) is 0 Å². The van der Waals surface area contributed by atoms with Crippen molar-refractivity contribution in [1.29, 1.82) is 0 Å². The average molecular weight is 201 g/mol. The summed E-state index contributed by atoms with van der Waals surface area (Å²) in [5.41, 5.74) is 1.64. The molecular formula is C13H15NO. The van der Waals surface area contributed by atoms with E-state index in [0.29, 0.717) is 5.56 Å². The third kappa shape index (κ3) is 2.81. The number of carbonyl (C=O) groups excluding carboxylic acids is 1. The third-order valence-corrected chi connectivity index (χ3v) is 2.03. The number of benzene rings is 1. The second-order valence-corrected chi connectivity index (χ2v) is 3.37. The second kappa shape index (κ2) is 5.15. The molecule has 0 heterocycles. The maximum Gasteiger partial charge on any atom is 0.187 e. The smallest absolute Gasteiger partial charge is 0.187 e. The molecule has 0 N–H and O–H groups in total. The summed E-state index contributed by atoms with van der Waals surface area (Å²) >= 11 is 0. The summed E-state index contributed by atoms with van der Waals surface area (Å²) in [6.07, 6.45) is 4.76. The molecule has 2 heteroatoms. The van der Waals surface area contributed by atoms with Crippen molar-refractivity contribution in [2.24, 2.45) is 0 Å². The van der Waals surface area contributed by atoms with E-state index in [2.05, 4.69) is 6.58 Å². The Balaban J connectivity index is 3.07. The monoisotopic (exact) mass is 201 g/mol. The molecule has 2 nitrogen and oxygen atoms in total. The van der Waals surface area contributed by atoms with Gasteiger partial charge in [0.1, 0.15) is 0 Å². The Bertz CT molecular complexity index is 391. The zero-order valence-electron chi connectivity index (χ0n) is 9.10. The molecule has 0 atom stereocenters. The van der Waals surface area contributed by atoms with Crippen LogP contribution in [0.1, 0.15) is 10.4 Å². The molecule has 0 fully saturated rings. The average Bonchev–Trinajstić information content (AvgIpc) is 2.25. The van der Waals surface area contributed by atoms with E-state index in [-0.39, 0.29) is 5.78 Å². The molecule has 0 bridgehead atoms. The van der Waals surface area contributed by atoms with E-state index < -0.39 is 0 Å². The van der Waals surface area contributed by atoms with Gasteiger partial charge in [0.15, 0.2) is 5.78 Å². The van der Waals surface area contributed by atoms with Gasteiger partial charge in [0.25, 0.3) is 0 Å². The molecule has 0 aromatic heterocycles. The first-order valence-electron chi connectivity index (χ1n) is 4.76. The summed E-state index contributed by atoms with van der Waals surface area (Å²) in [4.78, 5) is 13.7. The van der Waals surface area contributed by atoms with Crippen LogP contribution < -0.4 is 4.90 Å². The Morgan fingerprint density at radius 3 is 2.60 bits per heavy atom. The highest BCUT2D eigenvalue weighted by Crippen LogP contribution is 2.18. The number of ketones is 1. The predicted octanol–water partition coefficient (Wildman–Crippen LogP) is 2.68. The minimum atomic E-state index is -0.000741. The predicted molar refractivity (Wildman–Crippen MR) is 64.4 cm³/mol. The van der Waals surface area contributed by atoms with Crippen LogP contribution in [-0.4, -0.2) is 19.9 Å². The number of hydrogen-bond donors (Lipinski definition) is 0. The van der Waals surface area contributed by atoms with Crippen molar-refractivity contribution in [3.63, 3.8) is 0 Å². The summed E-state index contributed by atoms with van der Waals surface area (Å²) < 4.78 is 0. The second-order valence-electron chi connectivity index (χ2n) is 3.37. The molecule has 0 aliphatic rings. The number of anilines is 1. The molecule has 1 aromatic carbocycles. The van der Waals surface area contributed by atoms with Gasteiger partial charge in [0, 0.05) is 25.3 Å². The maximum atomic E-state index is 11.8. The Morgan fingerprint density at radius 2 is 2.00 bits per heavy atom. The molecule has 0 radical (unpaired) electrons. The van der Waals surface area contributed by atoms with Gasteiger partial charge < -0.3 is 4.90 Å². The standard InChI is InChI=1S/C13H15NO/c1-4-5-10-13(15)11-8-6-7-9-12(11)14(2)3/h4-10H,1H2,2-3H3. The fourth-order valence-electron chi connectivity index (χ4n) is 1.32. The van der Waals surface area contributed by atoms with Crippen molar-refractivity contribution in [2.75, 3.05) is 19.0 Å². The van der Waals surface area contributed by atoms with E-state index in [9.17, 15) is 4.79 Å². The SMILES string of the molecule is C=CC=CC(=O)c1ccccc1N(C)C. The first kappa shape index (κ1) is 11.2. The highest BCUT2D eigenvalue weighted by atomic mass is 16.1. The minimum absolute atomic E-state index is 0.000741. The molecule has 1 rings (SSSR count). The lowest BCUT2D eigenvalue weighted by molar-refractivity contribution is 0.104. The lowest BCUT2D eigenvalue weighted by Gasteiger charge is -2.15. The van der Waals surface area contributed by atoms with Crippen molar-refractivity contribution in [3.8, 4) is 0 Å². The summed E-state index contributed by atoms with van der Waals surface area (Å²) in [5, 5.41) is 0. The molecule has 0 spiro atoms. The van der Waals surface area contributed by atoms with Gasteiger partial charge in [0.2, 0.25) is 0 Å². The van der Waals surface area contributed by atoms with Gasteiger partial charge in [-0.3, -0.25) is 4.79 Å². The largest absolute Gasteiger partial charge is 0.377 e. The van der Waals surface area contributed by atoms with Crippen LogP contribution in [0.4, 0.5) is 5.69 Å². The normalized spacial score (nSPS) is 10.3. The number of carbonyl (C=O) groups is 1. The Labute approximate surface area is 90.5 Å². The van der Waals surface area contributed by atoms with Crippen LogP contribution in [0.3, 0.4) is 0 Å². The zero-order valence-corrected chi connectivity index (χ0v) is 9.10. The molecule has 78 valence electrons. The van der Waals surface area contributed by atoms with Crippen molar-refractivity contribution in [1.82, 2.24) is 0 Å². The Hall–Kier alpha value is -1.83. The van der Waals surface area contributed by atoms with Crippen LogP contribution in [0.25, 0.3) is 0 Å². The summed E-state index contributed by atoms with van der Waals surface area (Å²) in [6.45, 7) is 3.53. The molecule has 0 saturated heterocycles. The van der Waals surface area contributed by atoms with Gasteiger partial charge in [-0.2, -0.15) is 0 Å². The van der Waals surface area contributed by atoms with Crippen LogP contribution >= 0.6 is 0 Å². The maximum absolute atomic E-state index is 11.8. The molecule has 0 saturated carbocycles. The molecule has 0 amide bonds. The third-order valence-electron chi connectivity index (χ3n) is 2.03.